The van der Waals surface area contributed by atoms with Gasteiger partial charge in [-0.05, 0) is 33.1 Å². The van der Waals surface area contributed by atoms with Gasteiger partial charge in [0, 0.05) is 0 Å². The molecule has 0 bridgehead atoms. The van der Waals surface area contributed by atoms with E-state index in [0.29, 0.717) is 19.6 Å². The third-order valence-electron chi connectivity index (χ3n) is 5.61. The first kappa shape index (κ1) is 23.7. The predicted octanol–water partition coefficient (Wildman–Crippen LogP) is 5.99. The maximum absolute atomic E-state index is 12.6. The summed E-state index contributed by atoms with van der Waals surface area (Å²) in [7, 11) is 0. The molecule has 156 valence electrons. The average Bonchev–Trinajstić information content (AvgIpc) is 2.95. The Kier molecular flexibility index (Phi) is 12.1. The Morgan fingerprint density at radius 3 is 1.78 bits per heavy atom. The molecule has 27 heavy (non-hydrogen) atoms. The fourth-order valence-corrected chi connectivity index (χ4v) is 3.69. The second-order valence-electron chi connectivity index (χ2n) is 7.92. The summed E-state index contributed by atoms with van der Waals surface area (Å²) in [6, 6.07) is 0. The zero-order valence-electron chi connectivity index (χ0n) is 18.0. The molecular formula is C23H40O4. The monoisotopic (exact) mass is 380 g/mol. The van der Waals surface area contributed by atoms with Gasteiger partial charge < -0.3 is 9.47 Å². The molecule has 0 spiro atoms. The Morgan fingerprint density at radius 2 is 1.26 bits per heavy atom. The summed E-state index contributed by atoms with van der Waals surface area (Å²) >= 11 is 0. The van der Waals surface area contributed by atoms with Gasteiger partial charge in [-0.25, -0.2) is 0 Å². The number of carbonyl (C=O) groups excluding carboxylic acids is 2. The first-order valence-electron chi connectivity index (χ1n) is 11.0. The number of hydrogen-bond donors (Lipinski definition) is 0. The van der Waals surface area contributed by atoms with Crippen LogP contribution < -0.4 is 0 Å². The van der Waals surface area contributed by atoms with Crippen LogP contribution in [0.15, 0.2) is 11.1 Å². The van der Waals surface area contributed by atoms with Gasteiger partial charge in [0.2, 0.25) is 0 Å². The first-order chi connectivity index (χ1) is 13.0. The molecule has 0 aromatic heterocycles. The van der Waals surface area contributed by atoms with Gasteiger partial charge in [0.25, 0.3) is 0 Å². The van der Waals surface area contributed by atoms with Gasteiger partial charge >= 0.3 is 11.9 Å². The first-order valence-corrected chi connectivity index (χ1v) is 11.0. The maximum Gasteiger partial charge on any atom is 0.313 e. The molecule has 0 heterocycles. The lowest BCUT2D eigenvalue weighted by Gasteiger charge is -2.19. The molecule has 0 radical (unpaired) electrons. The number of ether oxygens (including phenoxy) is 2. The Bertz CT molecular complexity index is 481. The van der Waals surface area contributed by atoms with Crippen molar-refractivity contribution in [3.8, 4) is 0 Å². The van der Waals surface area contributed by atoms with E-state index in [2.05, 4.69) is 13.8 Å². The van der Waals surface area contributed by atoms with Crippen molar-refractivity contribution in [1.29, 1.82) is 0 Å². The Balaban J connectivity index is 2.42. The van der Waals surface area contributed by atoms with E-state index in [1.54, 1.807) is 0 Å². The van der Waals surface area contributed by atoms with Crippen molar-refractivity contribution in [2.24, 2.45) is 11.8 Å². The molecule has 0 amide bonds. The lowest BCUT2D eigenvalue weighted by Crippen LogP contribution is -2.30. The van der Waals surface area contributed by atoms with Crippen molar-refractivity contribution in [3.63, 3.8) is 0 Å². The lowest BCUT2D eigenvalue weighted by atomic mass is 9.92. The summed E-state index contributed by atoms with van der Waals surface area (Å²) in [6.07, 6.45) is 11.8. The van der Waals surface area contributed by atoms with Gasteiger partial charge in [-0.2, -0.15) is 0 Å². The van der Waals surface area contributed by atoms with Crippen LogP contribution in [0.1, 0.15) is 98.3 Å². The molecule has 4 heteroatoms. The summed E-state index contributed by atoms with van der Waals surface area (Å²) in [4.78, 5) is 25.1. The minimum Gasteiger partial charge on any atom is -0.465 e. The summed E-state index contributed by atoms with van der Waals surface area (Å²) < 4.78 is 11.0. The van der Waals surface area contributed by atoms with Gasteiger partial charge in [0.1, 0.15) is 0 Å². The third kappa shape index (κ3) is 8.49. The summed E-state index contributed by atoms with van der Waals surface area (Å²) in [5, 5.41) is 0. The minimum atomic E-state index is -0.465. The van der Waals surface area contributed by atoms with E-state index in [1.165, 1.54) is 38.5 Å². The Morgan fingerprint density at radius 1 is 0.778 bits per heavy atom. The fourth-order valence-electron chi connectivity index (χ4n) is 3.69. The largest absolute Gasteiger partial charge is 0.465 e. The second-order valence-corrected chi connectivity index (χ2v) is 7.92. The molecule has 0 saturated heterocycles. The van der Waals surface area contributed by atoms with Crippen LogP contribution in [-0.4, -0.2) is 25.2 Å². The van der Waals surface area contributed by atoms with Gasteiger partial charge in [0.05, 0.1) is 25.0 Å². The van der Waals surface area contributed by atoms with Gasteiger partial charge in [-0.15, -0.1) is 0 Å². The highest BCUT2D eigenvalue weighted by Gasteiger charge is 2.42. The minimum absolute atomic E-state index is 0.244. The van der Waals surface area contributed by atoms with Crippen molar-refractivity contribution in [2.45, 2.75) is 98.3 Å². The van der Waals surface area contributed by atoms with Crippen LogP contribution in [0.3, 0.4) is 0 Å². The van der Waals surface area contributed by atoms with Crippen molar-refractivity contribution in [1.82, 2.24) is 0 Å². The molecule has 1 aliphatic rings. The zero-order valence-corrected chi connectivity index (χ0v) is 18.0. The molecule has 0 aromatic carbocycles. The van der Waals surface area contributed by atoms with Gasteiger partial charge in [0.15, 0.2) is 0 Å². The average molecular weight is 381 g/mol. The standard InChI is InChI=1S/C23H40O4/c1-5-7-9-11-13-15-26-22(24)20-17-18(3)19(4)21(20)23(25)27-16-14-12-10-8-6-2/h20-21H,5-17H2,1-4H3. The number of carbonyl (C=O) groups is 2. The van der Waals surface area contributed by atoms with Crippen LogP contribution in [0.25, 0.3) is 0 Å². The summed E-state index contributed by atoms with van der Waals surface area (Å²) in [6.45, 7) is 9.21. The van der Waals surface area contributed by atoms with Crippen LogP contribution in [0.5, 0.6) is 0 Å². The number of unbranched alkanes of at least 4 members (excludes halogenated alkanes) is 8. The van der Waals surface area contributed by atoms with Gasteiger partial charge in [-0.1, -0.05) is 76.4 Å². The smallest absolute Gasteiger partial charge is 0.313 e. The normalized spacial score (nSPS) is 19.4. The van der Waals surface area contributed by atoms with E-state index in [0.717, 1.165) is 36.8 Å². The molecule has 0 aromatic rings. The van der Waals surface area contributed by atoms with E-state index in [1.807, 2.05) is 13.8 Å². The Labute approximate surface area is 166 Å². The van der Waals surface area contributed by atoms with Crippen LogP contribution in [0.4, 0.5) is 0 Å². The van der Waals surface area contributed by atoms with E-state index in [9.17, 15) is 9.59 Å². The molecule has 0 fully saturated rings. The van der Waals surface area contributed by atoms with Crippen molar-refractivity contribution >= 4 is 11.9 Å². The quantitative estimate of drug-likeness (QED) is 0.211. The lowest BCUT2D eigenvalue weighted by molar-refractivity contribution is -0.158. The molecular weight excluding hydrogens is 340 g/mol. The highest BCUT2D eigenvalue weighted by molar-refractivity contribution is 5.86. The topological polar surface area (TPSA) is 52.6 Å². The highest BCUT2D eigenvalue weighted by atomic mass is 16.5. The maximum atomic E-state index is 12.6. The molecule has 1 rings (SSSR count). The van der Waals surface area contributed by atoms with E-state index >= 15 is 0 Å². The van der Waals surface area contributed by atoms with E-state index < -0.39 is 11.8 Å². The molecule has 0 aliphatic heterocycles. The molecule has 2 unspecified atom stereocenters. The molecule has 0 saturated carbocycles. The third-order valence-corrected chi connectivity index (χ3v) is 5.61. The number of allylic oxidation sites excluding steroid dienone is 1. The van der Waals surface area contributed by atoms with Crippen molar-refractivity contribution in [3.05, 3.63) is 11.1 Å². The Hall–Kier alpha value is -1.32. The predicted molar refractivity (Wildman–Crippen MR) is 109 cm³/mol. The fraction of sp³-hybridized carbons (Fsp3) is 0.826. The SMILES string of the molecule is CCCCCCCOC(=O)C1CC(C)=C(C)C1C(=O)OCCCCCCC. The molecule has 1 aliphatic carbocycles. The summed E-state index contributed by atoms with van der Waals surface area (Å²) in [5.41, 5.74) is 2.10. The number of esters is 2. The van der Waals surface area contributed by atoms with Crippen LogP contribution in [0, 0.1) is 11.8 Å². The molecule has 2 atom stereocenters. The molecule has 0 N–H and O–H groups in total. The van der Waals surface area contributed by atoms with Crippen LogP contribution in [0.2, 0.25) is 0 Å². The van der Waals surface area contributed by atoms with Crippen molar-refractivity contribution < 1.29 is 19.1 Å². The van der Waals surface area contributed by atoms with E-state index in [4.69, 9.17) is 9.47 Å². The zero-order chi connectivity index (χ0) is 20.1. The molecule has 4 nitrogen and oxygen atoms in total. The van der Waals surface area contributed by atoms with Crippen LogP contribution >= 0.6 is 0 Å². The number of rotatable bonds is 14. The van der Waals surface area contributed by atoms with E-state index in [-0.39, 0.29) is 11.9 Å². The summed E-state index contributed by atoms with van der Waals surface area (Å²) in [5.74, 6) is -1.38. The second kappa shape index (κ2) is 13.8. The van der Waals surface area contributed by atoms with Gasteiger partial charge in [-0.3, -0.25) is 9.59 Å². The highest BCUT2D eigenvalue weighted by Crippen LogP contribution is 2.38. The number of hydrogen-bond acceptors (Lipinski definition) is 4. The van der Waals surface area contributed by atoms with Crippen molar-refractivity contribution in [2.75, 3.05) is 13.2 Å². The van der Waals surface area contributed by atoms with Crippen LogP contribution in [-0.2, 0) is 19.1 Å².